The highest BCUT2D eigenvalue weighted by Gasteiger charge is 2.29. The molecule has 3 rings (SSSR count). The van der Waals surface area contributed by atoms with Crippen LogP contribution in [0.15, 0.2) is 72.8 Å². The molecule has 2 heteroatoms. The zero-order chi connectivity index (χ0) is 17.9. The molecule has 0 heterocycles. The van der Waals surface area contributed by atoms with Crippen molar-refractivity contribution >= 4 is 0 Å². The van der Waals surface area contributed by atoms with Crippen LogP contribution in [0.3, 0.4) is 0 Å². The number of hydrogen-bond donors (Lipinski definition) is 2. The monoisotopic (exact) mass is 332 g/mol. The second kappa shape index (κ2) is 7.02. The Bertz CT molecular complexity index is 841. The molecule has 0 aliphatic rings. The van der Waals surface area contributed by atoms with Crippen molar-refractivity contribution in [3.05, 3.63) is 83.9 Å². The normalized spacial score (nSPS) is 13.4. The third-order valence-electron chi connectivity index (χ3n) is 5.07. The van der Waals surface area contributed by atoms with E-state index in [1.54, 1.807) is 12.1 Å². The molecular formula is C23H24O2. The van der Waals surface area contributed by atoms with Gasteiger partial charge in [0.2, 0.25) is 0 Å². The van der Waals surface area contributed by atoms with E-state index in [-0.39, 0.29) is 16.9 Å². The quantitative estimate of drug-likeness (QED) is 0.591. The first-order valence-corrected chi connectivity index (χ1v) is 8.69. The highest BCUT2D eigenvalue weighted by molar-refractivity contribution is 5.73. The van der Waals surface area contributed by atoms with Gasteiger partial charge in [0, 0.05) is 16.5 Å². The summed E-state index contributed by atoms with van der Waals surface area (Å²) in [5.74, 6) is 0.434. The Hall–Kier alpha value is -2.74. The Kier molecular flexibility index (Phi) is 4.80. The van der Waals surface area contributed by atoms with E-state index in [2.05, 4.69) is 26.0 Å². The summed E-state index contributed by atoms with van der Waals surface area (Å²) >= 11 is 0. The third-order valence-corrected chi connectivity index (χ3v) is 5.07. The first kappa shape index (κ1) is 17.1. The number of aromatic hydroxyl groups is 2. The van der Waals surface area contributed by atoms with Crippen LogP contribution < -0.4 is 0 Å². The Labute approximate surface area is 149 Å². The zero-order valence-electron chi connectivity index (χ0n) is 14.7. The van der Waals surface area contributed by atoms with Gasteiger partial charge in [0.1, 0.15) is 11.5 Å². The fourth-order valence-electron chi connectivity index (χ4n) is 3.37. The lowest BCUT2D eigenvalue weighted by molar-refractivity contribution is 0.399. The van der Waals surface area contributed by atoms with Crippen molar-refractivity contribution in [2.75, 3.05) is 0 Å². The van der Waals surface area contributed by atoms with Crippen LogP contribution in [0.2, 0.25) is 0 Å². The van der Waals surface area contributed by atoms with Crippen molar-refractivity contribution in [2.24, 2.45) is 0 Å². The van der Waals surface area contributed by atoms with E-state index in [0.717, 1.165) is 24.0 Å². The van der Waals surface area contributed by atoms with Gasteiger partial charge in [-0.25, -0.2) is 0 Å². The summed E-state index contributed by atoms with van der Waals surface area (Å²) in [6.07, 6.45) is 1.67. The minimum absolute atomic E-state index is 0.201. The molecule has 1 atom stereocenters. The molecule has 0 saturated carbocycles. The molecule has 0 saturated heterocycles. The molecule has 2 N–H and O–H groups in total. The van der Waals surface area contributed by atoms with E-state index in [1.807, 2.05) is 48.5 Å². The number of rotatable bonds is 5. The molecule has 3 aromatic carbocycles. The predicted octanol–water partition coefficient (Wildman–Crippen LogP) is 5.68. The molecule has 0 amide bonds. The van der Waals surface area contributed by atoms with E-state index in [0.29, 0.717) is 5.56 Å². The Morgan fingerprint density at radius 1 is 0.800 bits per heavy atom. The maximum absolute atomic E-state index is 10.7. The van der Waals surface area contributed by atoms with E-state index in [4.69, 9.17) is 0 Å². The van der Waals surface area contributed by atoms with Crippen LogP contribution in [0, 0.1) is 0 Å². The van der Waals surface area contributed by atoms with Crippen LogP contribution in [0.1, 0.15) is 31.4 Å². The molecule has 0 bridgehead atoms. The van der Waals surface area contributed by atoms with Crippen LogP contribution >= 0.6 is 0 Å². The molecule has 3 aromatic rings. The summed E-state index contributed by atoms with van der Waals surface area (Å²) in [6.45, 7) is 4.25. The molecule has 0 aromatic heterocycles. The first-order valence-electron chi connectivity index (χ1n) is 8.69. The van der Waals surface area contributed by atoms with Crippen molar-refractivity contribution in [3.8, 4) is 22.6 Å². The van der Waals surface area contributed by atoms with Crippen LogP contribution in [0.5, 0.6) is 11.5 Å². The fraction of sp³-hybridized carbons (Fsp3) is 0.217. The average Bonchev–Trinajstić information content (AvgIpc) is 2.64. The van der Waals surface area contributed by atoms with Crippen LogP contribution in [0.4, 0.5) is 0 Å². The van der Waals surface area contributed by atoms with Gasteiger partial charge in [-0.2, -0.15) is 0 Å². The van der Waals surface area contributed by atoms with Crippen molar-refractivity contribution in [1.82, 2.24) is 0 Å². The fourth-order valence-corrected chi connectivity index (χ4v) is 3.37. The standard InChI is InChI=1S/C23H24O2/c1-3-23(2,16-17-10-6-4-7-11-17)20-15-21(24)19(14-22(20)25)18-12-8-5-9-13-18/h4-15,24-25H,3,16H2,1-2H3. The van der Waals surface area contributed by atoms with E-state index >= 15 is 0 Å². The number of phenolic OH excluding ortho intramolecular Hbond substituents is 2. The molecule has 1 unspecified atom stereocenters. The zero-order valence-corrected chi connectivity index (χ0v) is 14.7. The maximum Gasteiger partial charge on any atom is 0.123 e. The van der Waals surface area contributed by atoms with E-state index < -0.39 is 0 Å². The Balaban J connectivity index is 2.02. The molecule has 0 aliphatic carbocycles. The van der Waals surface area contributed by atoms with Gasteiger partial charge in [-0.3, -0.25) is 0 Å². The summed E-state index contributed by atoms with van der Waals surface area (Å²) in [5, 5.41) is 21.3. The van der Waals surface area contributed by atoms with Gasteiger partial charge < -0.3 is 10.2 Å². The molecule has 0 spiro atoms. The first-order chi connectivity index (χ1) is 12.0. The molecule has 0 aliphatic heterocycles. The highest BCUT2D eigenvalue weighted by atomic mass is 16.3. The molecule has 2 nitrogen and oxygen atoms in total. The SMILES string of the molecule is CCC(C)(Cc1ccccc1)c1cc(O)c(-c2ccccc2)cc1O. The number of phenols is 2. The van der Waals surface area contributed by atoms with Crippen LogP contribution in [-0.4, -0.2) is 10.2 Å². The van der Waals surface area contributed by atoms with Gasteiger partial charge >= 0.3 is 0 Å². The largest absolute Gasteiger partial charge is 0.508 e. The molecule has 0 fully saturated rings. The van der Waals surface area contributed by atoms with Crippen molar-refractivity contribution in [3.63, 3.8) is 0 Å². The summed E-state index contributed by atoms with van der Waals surface area (Å²) in [4.78, 5) is 0. The number of benzene rings is 3. The predicted molar refractivity (Wildman–Crippen MR) is 103 cm³/mol. The second-order valence-electron chi connectivity index (χ2n) is 6.83. The summed E-state index contributed by atoms with van der Waals surface area (Å²) in [5.41, 5.74) is 3.30. The lowest BCUT2D eigenvalue weighted by Gasteiger charge is -2.30. The van der Waals surface area contributed by atoms with Gasteiger partial charge in [0.25, 0.3) is 0 Å². The third kappa shape index (κ3) is 3.53. The smallest absolute Gasteiger partial charge is 0.123 e. The highest BCUT2D eigenvalue weighted by Crippen LogP contribution is 2.42. The summed E-state index contributed by atoms with van der Waals surface area (Å²) in [6, 6.07) is 23.3. The lowest BCUT2D eigenvalue weighted by atomic mass is 9.74. The Morgan fingerprint density at radius 2 is 1.40 bits per heavy atom. The van der Waals surface area contributed by atoms with Crippen LogP contribution in [0.25, 0.3) is 11.1 Å². The maximum atomic E-state index is 10.7. The minimum atomic E-state index is -0.252. The lowest BCUT2D eigenvalue weighted by Crippen LogP contribution is -2.24. The van der Waals surface area contributed by atoms with Crippen molar-refractivity contribution in [1.29, 1.82) is 0 Å². The van der Waals surface area contributed by atoms with Gasteiger partial charge in [0.05, 0.1) is 0 Å². The van der Waals surface area contributed by atoms with Gasteiger partial charge in [-0.1, -0.05) is 74.5 Å². The van der Waals surface area contributed by atoms with Gasteiger partial charge in [-0.15, -0.1) is 0 Å². The van der Waals surface area contributed by atoms with Crippen molar-refractivity contribution < 1.29 is 10.2 Å². The molecular weight excluding hydrogens is 308 g/mol. The Morgan fingerprint density at radius 3 is 2.00 bits per heavy atom. The van der Waals surface area contributed by atoms with Crippen molar-refractivity contribution in [2.45, 2.75) is 32.1 Å². The minimum Gasteiger partial charge on any atom is -0.508 e. The number of hydrogen-bond acceptors (Lipinski definition) is 2. The van der Waals surface area contributed by atoms with E-state index in [9.17, 15) is 10.2 Å². The molecule has 128 valence electrons. The second-order valence-corrected chi connectivity index (χ2v) is 6.83. The molecule has 25 heavy (non-hydrogen) atoms. The summed E-state index contributed by atoms with van der Waals surface area (Å²) in [7, 11) is 0. The van der Waals surface area contributed by atoms with Gasteiger partial charge in [-0.05, 0) is 36.1 Å². The molecule has 0 radical (unpaired) electrons. The average molecular weight is 332 g/mol. The van der Waals surface area contributed by atoms with Crippen LogP contribution in [-0.2, 0) is 11.8 Å². The topological polar surface area (TPSA) is 40.5 Å². The van der Waals surface area contributed by atoms with Gasteiger partial charge in [0.15, 0.2) is 0 Å². The van der Waals surface area contributed by atoms with E-state index in [1.165, 1.54) is 5.56 Å². The summed E-state index contributed by atoms with van der Waals surface area (Å²) < 4.78 is 0.